The SMILES string of the molecule is CCOc1ccc(SCC(=O)NCCO)cc1. The van der Waals surface area contributed by atoms with E-state index >= 15 is 0 Å². The zero-order valence-corrected chi connectivity index (χ0v) is 10.6. The van der Waals surface area contributed by atoms with Gasteiger partial charge in [-0.1, -0.05) is 0 Å². The van der Waals surface area contributed by atoms with Gasteiger partial charge < -0.3 is 15.2 Å². The molecule has 0 saturated heterocycles. The fraction of sp³-hybridized carbons (Fsp3) is 0.417. The number of benzene rings is 1. The molecule has 0 atom stereocenters. The molecule has 0 heterocycles. The first kappa shape index (κ1) is 13.9. The topological polar surface area (TPSA) is 58.6 Å². The second kappa shape index (κ2) is 7.97. The van der Waals surface area contributed by atoms with Gasteiger partial charge in [0.25, 0.3) is 0 Å². The molecular weight excluding hydrogens is 238 g/mol. The van der Waals surface area contributed by atoms with Crippen molar-refractivity contribution in [2.24, 2.45) is 0 Å². The van der Waals surface area contributed by atoms with Crippen molar-refractivity contribution in [2.75, 3.05) is 25.5 Å². The zero-order valence-electron chi connectivity index (χ0n) is 9.81. The van der Waals surface area contributed by atoms with Crippen LogP contribution < -0.4 is 10.1 Å². The first-order chi connectivity index (χ1) is 8.26. The molecular formula is C12H17NO3S. The van der Waals surface area contributed by atoms with Crippen molar-refractivity contribution in [1.29, 1.82) is 0 Å². The molecule has 1 rings (SSSR count). The summed E-state index contributed by atoms with van der Waals surface area (Å²) in [5, 5.41) is 11.1. The average molecular weight is 255 g/mol. The minimum Gasteiger partial charge on any atom is -0.494 e. The van der Waals surface area contributed by atoms with Crippen LogP contribution in [0.5, 0.6) is 5.75 Å². The first-order valence-electron chi connectivity index (χ1n) is 5.49. The fourth-order valence-electron chi connectivity index (χ4n) is 1.19. The number of nitrogens with one attached hydrogen (secondary N) is 1. The Hall–Kier alpha value is -1.20. The molecule has 0 bridgehead atoms. The molecule has 94 valence electrons. The Morgan fingerprint density at radius 3 is 2.71 bits per heavy atom. The maximum Gasteiger partial charge on any atom is 0.230 e. The molecule has 0 aromatic heterocycles. The number of carbonyl (C=O) groups excluding carboxylic acids is 1. The first-order valence-corrected chi connectivity index (χ1v) is 6.48. The number of aliphatic hydroxyl groups excluding tert-OH is 1. The molecule has 5 heteroatoms. The maximum absolute atomic E-state index is 11.3. The number of ether oxygens (including phenoxy) is 1. The lowest BCUT2D eigenvalue weighted by molar-refractivity contribution is -0.118. The van der Waals surface area contributed by atoms with E-state index in [-0.39, 0.29) is 12.5 Å². The monoisotopic (exact) mass is 255 g/mol. The smallest absolute Gasteiger partial charge is 0.230 e. The summed E-state index contributed by atoms with van der Waals surface area (Å²) in [6.45, 7) is 2.87. The molecule has 0 unspecified atom stereocenters. The Labute approximate surface area is 105 Å². The van der Waals surface area contributed by atoms with E-state index in [1.807, 2.05) is 31.2 Å². The van der Waals surface area contributed by atoms with Gasteiger partial charge in [0.1, 0.15) is 5.75 Å². The van der Waals surface area contributed by atoms with Crippen LogP contribution in [0, 0.1) is 0 Å². The lowest BCUT2D eigenvalue weighted by Crippen LogP contribution is -2.27. The van der Waals surface area contributed by atoms with Crippen LogP contribution in [0.3, 0.4) is 0 Å². The van der Waals surface area contributed by atoms with Gasteiger partial charge in [-0.05, 0) is 31.2 Å². The Morgan fingerprint density at radius 2 is 2.12 bits per heavy atom. The lowest BCUT2D eigenvalue weighted by Gasteiger charge is -2.05. The van der Waals surface area contributed by atoms with Crippen LogP contribution in [0.1, 0.15) is 6.92 Å². The zero-order chi connectivity index (χ0) is 12.5. The van der Waals surface area contributed by atoms with E-state index < -0.39 is 0 Å². The van der Waals surface area contributed by atoms with Gasteiger partial charge in [-0.3, -0.25) is 4.79 Å². The summed E-state index contributed by atoms with van der Waals surface area (Å²) in [5.41, 5.74) is 0. The molecule has 0 spiro atoms. The number of thioether (sulfide) groups is 1. The van der Waals surface area contributed by atoms with Crippen molar-refractivity contribution in [2.45, 2.75) is 11.8 Å². The molecule has 1 aromatic carbocycles. The highest BCUT2D eigenvalue weighted by atomic mass is 32.2. The van der Waals surface area contributed by atoms with Gasteiger partial charge in [0.15, 0.2) is 0 Å². The summed E-state index contributed by atoms with van der Waals surface area (Å²) in [6, 6.07) is 7.62. The van der Waals surface area contributed by atoms with Crippen molar-refractivity contribution >= 4 is 17.7 Å². The van der Waals surface area contributed by atoms with Crippen molar-refractivity contribution in [3.05, 3.63) is 24.3 Å². The molecule has 0 aliphatic rings. The minimum atomic E-state index is -0.0714. The summed E-state index contributed by atoms with van der Waals surface area (Å²) >= 11 is 1.46. The standard InChI is InChI=1S/C12H17NO3S/c1-2-16-10-3-5-11(6-4-10)17-9-12(15)13-7-8-14/h3-6,14H,2,7-9H2,1H3,(H,13,15). The second-order valence-electron chi connectivity index (χ2n) is 3.27. The molecule has 0 saturated carbocycles. The highest BCUT2D eigenvalue weighted by Gasteiger charge is 2.02. The molecule has 0 aliphatic carbocycles. The van der Waals surface area contributed by atoms with Crippen LogP contribution in [0.15, 0.2) is 29.2 Å². The van der Waals surface area contributed by atoms with Crippen molar-refractivity contribution in [3.8, 4) is 5.75 Å². The third kappa shape index (κ3) is 5.60. The van der Waals surface area contributed by atoms with Gasteiger partial charge in [-0.25, -0.2) is 0 Å². The summed E-state index contributed by atoms with van der Waals surface area (Å²) in [5.74, 6) is 1.12. The van der Waals surface area contributed by atoms with Gasteiger partial charge in [-0.2, -0.15) is 0 Å². The molecule has 1 amide bonds. The van der Waals surface area contributed by atoms with E-state index in [9.17, 15) is 4.79 Å². The van der Waals surface area contributed by atoms with Crippen LogP contribution in [-0.4, -0.2) is 36.5 Å². The molecule has 0 aliphatic heterocycles. The van der Waals surface area contributed by atoms with E-state index in [0.29, 0.717) is 18.9 Å². The second-order valence-corrected chi connectivity index (χ2v) is 4.32. The Balaban J connectivity index is 2.34. The summed E-state index contributed by atoms with van der Waals surface area (Å²) in [6.07, 6.45) is 0. The normalized spacial score (nSPS) is 10.0. The van der Waals surface area contributed by atoms with Crippen LogP contribution in [0.4, 0.5) is 0 Å². The van der Waals surface area contributed by atoms with E-state index in [1.165, 1.54) is 11.8 Å². The largest absolute Gasteiger partial charge is 0.494 e. The van der Waals surface area contributed by atoms with Crippen LogP contribution in [0.2, 0.25) is 0 Å². The van der Waals surface area contributed by atoms with E-state index in [4.69, 9.17) is 9.84 Å². The van der Waals surface area contributed by atoms with E-state index in [1.54, 1.807) is 0 Å². The fourth-order valence-corrected chi connectivity index (χ4v) is 1.92. The van der Waals surface area contributed by atoms with Crippen molar-refractivity contribution < 1.29 is 14.6 Å². The van der Waals surface area contributed by atoms with Gasteiger partial charge >= 0.3 is 0 Å². The highest BCUT2D eigenvalue weighted by molar-refractivity contribution is 8.00. The highest BCUT2D eigenvalue weighted by Crippen LogP contribution is 2.21. The average Bonchev–Trinajstić information content (AvgIpc) is 2.36. The molecule has 2 N–H and O–H groups in total. The number of rotatable bonds is 7. The molecule has 4 nitrogen and oxygen atoms in total. The Kier molecular flexibility index (Phi) is 6.50. The summed E-state index contributed by atoms with van der Waals surface area (Å²) in [7, 11) is 0. The Morgan fingerprint density at radius 1 is 1.41 bits per heavy atom. The van der Waals surface area contributed by atoms with Crippen molar-refractivity contribution in [3.63, 3.8) is 0 Å². The maximum atomic E-state index is 11.3. The number of amides is 1. The number of hydrogen-bond acceptors (Lipinski definition) is 4. The summed E-state index contributed by atoms with van der Waals surface area (Å²) in [4.78, 5) is 12.3. The number of aliphatic hydroxyl groups is 1. The van der Waals surface area contributed by atoms with Crippen LogP contribution in [0.25, 0.3) is 0 Å². The third-order valence-electron chi connectivity index (χ3n) is 1.94. The molecule has 1 aromatic rings. The number of hydrogen-bond donors (Lipinski definition) is 2. The van der Waals surface area contributed by atoms with Gasteiger partial charge in [0.2, 0.25) is 5.91 Å². The van der Waals surface area contributed by atoms with Crippen LogP contribution >= 0.6 is 11.8 Å². The predicted octanol–water partition coefficient (Wildman–Crippen LogP) is 1.29. The molecule has 17 heavy (non-hydrogen) atoms. The summed E-state index contributed by atoms with van der Waals surface area (Å²) < 4.78 is 5.32. The number of carbonyl (C=O) groups is 1. The predicted molar refractivity (Wildman–Crippen MR) is 68.4 cm³/mol. The molecule has 0 radical (unpaired) electrons. The van der Waals surface area contributed by atoms with E-state index in [2.05, 4.69) is 5.32 Å². The van der Waals surface area contributed by atoms with E-state index in [0.717, 1.165) is 10.6 Å². The van der Waals surface area contributed by atoms with Gasteiger partial charge in [0.05, 0.1) is 19.0 Å². The molecule has 0 fully saturated rings. The minimum absolute atomic E-state index is 0.0283. The third-order valence-corrected chi connectivity index (χ3v) is 2.95. The van der Waals surface area contributed by atoms with Gasteiger partial charge in [0, 0.05) is 11.4 Å². The van der Waals surface area contributed by atoms with Gasteiger partial charge in [-0.15, -0.1) is 11.8 Å². The van der Waals surface area contributed by atoms with Crippen molar-refractivity contribution in [1.82, 2.24) is 5.32 Å². The quantitative estimate of drug-likeness (QED) is 0.721. The lowest BCUT2D eigenvalue weighted by atomic mass is 10.3. The van der Waals surface area contributed by atoms with Crippen LogP contribution in [-0.2, 0) is 4.79 Å². The Bertz CT molecular complexity index is 340.